The number of amides is 2. The molecule has 2 aromatic carbocycles. The fourth-order valence-electron chi connectivity index (χ4n) is 3.39. The second-order valence-corrected chi connectivity index (χ2v) is 6.78. The first kappa shape index (κ1) is 20.7. The first-order valence-electron chi connectivity index (χ1n) is 9.68. The molecule has 1 aliphatic rings. The van der Waals surface area contributed by atoms with Gasteiger partial charge < -0.3 is 24.6 Å². The van der Waals surface area contributed by atoms with Gasteiger partial charge in [-0.1, -0.05) is 18.2 Å². The number of carbonyl (C=O) groups excluding carboxylic acids is 2. The highest BCUT2D eigenvalue weighted by Gasteiger charge is 2.24. The van der Waals surface area contributed by atoms with Gasteiger partial charge in [0, 0.05) is 51.0 Å². The lowest BCUT2D eigenvalue weighted by molar-refractivity contribution is 0.0746. The molecule has 2 aromatic rings. The van der Waals surface area contributed by atoms with Gasteiger partial charge in [0.05, 0.1) is 19.4 Å². The average Bonchev–Trinajstić information content (AvgIpc) is 2.79. The second kappa shape index (κ2) is 9.93. The van der Waals surface area contributed by atoms with Crippen molar-refractivity contribution in [1.82, 2.24) is 10.2 Å². The molecule has 1 saturated heterocycles. The lowest BCUT2D eigenvalue weighted by Crippen LogP contribution is -2.48. The molecule has 0 atom stereocenters. The van der Waals surface area contributed by atoms with Crippen LogP contribution in [0.3, 0.4) is 0 Å². The fraction of sp³-hybridized carbons (Fsp3) is 0.364. The van der Waals surface area contributed by atoms with Crippen LogP contribution in [0.5, 0.6) is 5.75 Å². The first-order valence-corrected chi connectivity index (χ1v) is 9.68. The maximum atomic E-state index is 12.9. The molecule has 0 aromatic heterocycles. The van der Waals surface area contributed by atoms with E-state index in [0.717, 1.165) is 24.5 Å². The lowest BCUT2D eigenvalue weighted by atomic mass is 10.1. The van der Waals surface area contributed by atoms with Crippen molar-refractivity contribution in [3.8, 4) is 5.75 Å². The molecule has 3 rings (SSSR count). The Balaban J connectivity index is 1.62. The number of benzene rings is 2. The first-order chi connectivity index (χ1) is 14.1. The van der Waals surface area contributed by atoms with E-state index in [-0.39, 0.29) is 11.8 Å². The zero-order valence-electron chi connectivity index (χ0n) is 16.9. The van der Waals surface area contributed by atoms with Crippen LogP contribution in [0.2, 0.25) is 0 Å². The Hall–Kier alpha value is -3.06. The van der Waals surface area contributed by atoms with Gasteiger partial charge in [-0.15, -0.1) is 0 Å². The summed E-state index contributed by atoms with van der Waals surface area (Å²) in [7, 11) is 3.25. The van der Waals surface area contributed by atoms with Crippen LogP contribution < -0.4 is 15.0 Å². The summed E-state index contributed by atoms with van der Waals surface area (Å²) >= 11 is 0. The van der Waals surface area contributed by atoms with Gasteiger partial charge in [0.25, 0.3) is 11.8 Å². The zero-order valence-corrected chi connectivity index (χ0v) is 16.9. The summed E-state index contributed by atoms with van der Waals surface area (Å²) in [5.41, 5.74) is 2.03. The van der Waals surface area contributed by atoms with E-state index < -0.39 is 0 Å². The quantitative estimate of drug-likeness (QED) is 0.724. The van der Waals surface area contributed by atoms with E-state index in [9.17, 15) is 9.59 Å². The molecule has 7 heteroatoms. The molecule has 0 spiro atoms. The summed E-state index contributed by atoms with van der Waals surface area (Å²) in [5.74, 6) is 0.563. The predicted octanol–water partition coefficient (Wildman–Crippen LogP) is 2.03. The van der Waals surface area contributed by atoms with Gasteiger partial charge in [-0.2, -0.15) is 0 Å². The van der Waals surface area contributed by atoms with Crippen LogP contribution in [0.25, 0.3) is 0 Å². The zero-order chi connectivity index (χ0) is 20.6. The van der Waals surface area contributed by atoms with Gasteiger partial charge in [-0.25, -0.2) is 0 Å². The summed E-state index contributed by atoms with van der Waals surface area (Å²) < 4.78 is 10.4. The van der Waals surface area contributed by atoms with Crippen molar-refractivity contribution >= 4 is 17.5 Å². The summed E-state index contributed by atoms with van der Waals surface area (Å²) in [4.78, 5) is 29.2. The minimum absolute atomic E-state index is 0.0591. The molecule has 2 amide bonds. The molecule has 1 fully saturated rings. The topological polar surface area (TPSA) is 71.1 Å². The van der Waals surface area contributed by atoms with Crippen molar-refractivity contribution in [2.45, 2.75) is 0 Å². The standard InChI is InChI=1S/C22H27N3O4/c1-28-15-10-23-21(26)17-6-5-7-18(16-17)22(27)25-13-11-24(12-14-25)19-8-3-4-9-20(19)29-2/h3-9,16H,10-15H2,1-2H3,(H,23,26). The van der Waals surface area contributed by atoms with E-state index in [0.29, 0.717) is 37.4 Å². The molecule has 1 aliphatic heterocycles. The third kappa shape index (κ3) is 5.06. The monoisotopic (exact) mass is 397 g/mol. The summed E-state index contributed by atoms with van der Waals surface area (Å²) in [6, 6.07) is 14.7. The molecule has 0 aliphatic carbocycles. The van der Waals surface area contributed by atoms with Crippen LogP contribution in [0.4, 0.5) is 5.69 Å². The van der Waals surface area contributed by atoms with Gasteiger partial charge in [0.1, 0.15) is 5.75 Å². The number of hydrogen-bond donors (Lipinski definition) is 1. The molecule has 0 saturated carbocycles. The van der Waals surface area contributed by atoms with Gasteiger partial charge >= 0.3 is 0 Å². The number of ether oxygens (including phenoxy) is 2. The number of carbonyl (C=O) groups is 2. The SMILES string of the molecule is COCCNC(=O)c1cccc(C(=O)N2CCN(c3ccccc3OC)CC2)c1. The molecular weight excluding hydrogens is 370 g/mol. The van der Waals surface area contributed by atoms with Crippen molar-refractivity contribution < 1.29 is 19.1 Å². The summed E-state index contributed by atoms with van der Waals surface area (Å²) in [5, 5.41) is 2.77. The Morgan fingerprint density at radius 3 is 2.41 bits per heavy atom. The molecule has 0 bridgehead atoms. The van der Waals surface area contributed by atoms with Crippen molar-refractivity contribution in [2.24, 2.45) is 0 Å². The smallest absolute Gasteiger partial charge is 0.253 e. The highest BCUT2D eigenvalue weighted by molar-refractivity contribution is 5.99. The van der Waals surface area contributed by atoms with Crippen LogP contribution in [-0.4, -0.2) is 70.3 Å². The fourth-order valence-corrected chi connectivity index (χ4v) is 3.39. The lowest BCUT2D eigenvalue weighted by Gasteiger charge is -2.36. The largest absolute Gasteiger partial charge is 0.495 e. The predicted molar refractivity (Wildman–Crippen MR) is 112 cm³/mol. The number of rotatable bonds is 7. The second-order valence-electron chi connectivity index (χ2n) is 6.78. The van der Waals surface area contributed by atoms with Crippen LogP contribution in [0, 0.1) is 0 Å². The maximum Gasteiger partial charge on any atom is 0.253 e. The van der Waals surface area contributed by atoms with Crippen LogP contribution in [-0.2, 0) is 4.74 Å². The highest BCUT2D eigenvalue weighted by Crippen LogP contribution is 2.28. The van der Waals surface area contributed by atoms with Gasteiger partial charge in [0.2, 0.25) is 0 Å². The van der Waals surface area contributed by atoms with E-state index >= 15 is 0 Å². The Morgan fingerprint density at radius 2 is 1.69 bits per heavy atom. The third-order valence-electron chi connectivity index (χ3n) is 4.96. The Bertz CT molecular complexity index is 847. The van der Waals surface area contributed by atoms with Crippen molar-refractivity contribution in [1.29, 1.82) is 0 Å². The van der Waals surface area contributed by atoms with Gasteiger partial charge in [-0.05, 0) is 30.3 Å². The van der Waals surface area contributed by atoms with Crippen LogP contribution in [0.1, 0.15) is 20.7 Å². The molecule has 0 unspecified atom stereocenters. The maximum absolute atomic E-state index is 12.9. The Labute approximate surface area is 171 Å². The van der Waals surface area contributed by atoms with Crippen molar-refractivity contribution in [3.05, 3.63) is 59.7 Å². The average molecular weight is 397 g/mol. The number of nitrogens with one attached hydrogen (secondary N) is 1. The highest BCUT2D eigenvalue weighted by atomic mass is 16.5. The normalized spacial score (nSPS) is 13.9. The molecule has 1 N–H and O–H groups in total. The van der Waals surface area contributed by atoms with Crippen LogP contribution >= 0.6 is 0 Å². The number of anilines is 1. The van der Waals surface area contributed by atoms with Crippen LogP contribution in [0.15, 0.2) is 48.5 Å². The van der Waals surface area contributed by atoms with Gasteiger partial charge in [0.15, 0.2) is 0 Å². The van der Waals surface area contributed by atoms with E-state index in [4.69, 9.17) is 9.47 Å². The molecule has 154 valence electrons. The van der Waals surface area contributed by atoms with Gasteiger partial charge in [-0.3, -0.25) is 9.59 Å². The summed E-state index contributed by atoms with van der Waals surface area (Å²) in [6.07, 6.45) is 0. The molecule has 7 nitrogen and oxygen atoms in total. The molecule has 0 radical (unpaired) electrons. The number of nitrogens with zero attached hydrogens (tertiary/aromatic N) is 2. The Morgan fingerprint density at radius 1 is 0.966 bits per heavy atom. The van der Waals surface area contributed by atoms with E-state index in [1.807, 2.05) is 29.2 Å². The molecule has 29 heavy (non-hydrogen) atoms. The number of methoxy groups -OCH3 is 2. The Kier molecular flexibility index (Phi) is 7.08. The van der Waals surface area contributed by atoms with Crippen molar-refractivity contribution in [3.63, 3.8) is 0 Å². The third-order valence-corrected chi connectivity index (χ3v) is 4.96. The number of hydrogen-bond acceptors (Lipinski definition) is 5. The van der Waals surface area contributed by atoms with E-state index in [1.54, 1.807) is 38.5 Å². The summed E-state index contributed by atoms with van der Waals surface area (Å²) in [6.45, 7) is 3.55. The molecule has 1 heterocycles. The van der Waals surface area contributed by atoms with Crippen molar-refractivity contribution in [2.75, 3.05) is 58.5 Å². The van der Waals surface area contributed by atoms with E-state index in [1.165, 1.54) is 0 Å². The van der Waals surface area contributed by atoms with E-state index in [2.05, 4.69) is 10.2 Å². The number of piperazine rings is 1. The minimum Gasteiger partial charge on any atom is -0.495 e. The number of para-hydroxylation sites is 2. The minimum atomic E-state index is -0.210. The molecular formula is C22H27N3O4.